The van der Waals surface area contributed by atoms with Crippen LogP contribution < -0.4 is 4.31 Å². The van der Waals surface area contributed by atoms with E-state index in [0.717, 1.165) is 16.4 Å². The first-order chi connectivity index (χ1) is 12.0. The molecule has 25 heavy (non-hydrogen) atoms. The van der Waals surface area contributed by atoms with Crippen molar-refractivity contribution in [3.63, 3.8) is 0 Å². The van der Waals surface area contributed by atoms with Crippen LogP contribution in [0.2, 0.25) is 5.02 Å². The van der Waals surface area contributed by atoms with Gasteiger partial charge in [-0.2, -0.15) is 0 Å². The lowest BCUT2D eigenvalue weighted by atomic mass is 10.1. The molecule has 3 heterocycles. The van der Waals surface area contributed by atoms with Gasteiger partial charge in [-0.05, 0) is 29.7 Å². The first-order valence-corrected chi connectivity index (χ1v) is 9.53. The summed E-state index contributed by atoms with van der Waals surface area (Å²) in [6, 6.07) is 14.6. The van der Waals surface area contributed by atoms with E-state index in [1.165, 1.54) is 4.31 Å². The Kier molecular flexibility index (Phi) is 2.93. The van der Waals surface area contributed by atoms with E-state index in [4.69, 9.17) is 11.6 Å². The number of pyridine rings is 1. The molecule has 4 aromatic rings. The Morgan fingerprint density at radius 2 is 1.80 bits per heavy atom. The zero-order valence-corrected chi connectivity index (χ0v) is 14.5. The van der Waals surface area contributed by atoms with Crippen molar-refractivity contribution in [3.05, 3.63) is 71.6 Å². The van der Waals surface area contributed by atoms with E-state index >= 15 is 0 Å². The number of hydrogen-bond donors (Lipinski definition) is 0. The lowest BCUT2D eigenvalue weighted by Crippen LogP contribution is -2.26. The molecule has 0 bridgehead atoms. The maximum absolute atomic E-state index is 13.0. The first-order valence-electron chi connectivity index (χ1n) is 7.72. The van der Waals surface area contributed by atoms with Crippen molar-refractivity contribution in [2.45, 2.75) is 11.4 Å². The van der Waals surface area contributed by atoms with Crippen LogP contribution in [0.5, 0.6) is 0 Å². The minimum Gasteiger partial charge on any atom is -0.305 e. The van der Waals surface area contributed by atoms with Gasteiger partial charge in [0.15, 0.2) is 0 Å². The summed E-state index contributed by atoms with van der Waals surface area (Å²) in [5, 5.41) is 2.29. The number of imidazole rings is 1. The molecule has 0 fully saturated rings. The number of rotatable bonds is 2. The fourth-order valence-electron chi connectivity index (χ4n) is 3.37. The summed E-state index contributed by atoms with van der Waals surface area (Å²) < 4.78 is 29.2. The van der Waals surface area contributed by atoms with E-state index in [1.54, 1.807) is 41.1 Å². The number of aromatic nitrogens is 2. The number of anilines is 1. The van der Waals surface area contributed by atoms with Crippen molar-refractivity contribution in [2.24, 2.45) is 0 Å². The van der Waals surface area contributed by atoms with E-state index in [2.05, 4.69) is 4.98 Å². The fourth-order valence-corrected chi connectivity index (χ4v) is 5.22. The predicted octanol–water partition coefficient (Wildman–Crippen LogP) is 3.85. The topological polar surface area (TPSA) is 54.7 Å². The smallest absolute Gasteiger partial charge is 0.265 e. The van der Waals surface area contributed by atoms with Gasteiger partial charge in [0, 0.05) is 17.8 Å². The van der Waals surface area contributed by atoms with Crippen molar-refractivity contribution < 1.29 is 8.42 Å². The van der Waals surface area contributed by atoms with Gasteiger partial charge in [-0.15, -0.1) is 0 Å². The van der Waals surface area contributed by atoms with Crippen LogP contribution in [-0.4, -0.2) is 17.8 Å². The lowest BCUT2D eigenvalue weighted by Gasteiger charge is -2.17. The number of sulfonamides is 1. The molecular formula is C18H12ClN3O2S. The number of nitrogens with zero attached hydrogens (tertiary/aromatic N) is 3. The SMILES string of the molecule is O=S1(=O)c2cccc3cccc(c23)N1Cc1cn2cc(Cl)ccc2n1. The number of hydrogen-bond acceptors (Lipinski definition) is 3. The summed E-state index contributed by atoms with van der Waals surface area (Å²) in [5.74, 6) is 0. The van der Waals surface area contributed by atoms with E-state index in [0.29, 0.717) is 21.3 Å². The van der Waals surface area contributed by atoms with Gasteiger partial charge in [0.1, 0.15) is 5.65 Å². The molecule has 0 saturated heterocycles. The van der Waals surface area contributed by atoms with Crippen LogP contribution in [0.1, 0.15) is 5.69 Å². The molecule has 2 aromatic carbocycles. The Morgan fingerprint density at radius 1 is 1.00 bits per heavy atom. The Balaban J connectivity index is 1.66. The predicted molar refractivity (Wildman–Crippen MR) is 97.5 cm³/mol. The highest BCUT2D eigenvalue weighted by Crippen LogP contribution is 2.42. The van der Waals surface area contributed by atoms with Gasteiger partial charge in [-0.3, -0.25) is 4.31 Å². The molecule has 0 N–H and O–H groups in total. The third-order valence-corrected chi connectivity index (χ3v) is 6.48. The summed E-state index contributed by atoms with van der Waals surface area (Å²) in [5.41, 5.74) is 2.09. The van der Waals surface area contributed by atoms with Crippen LogP contribution >= 0.6 is 11.6 Å². The number of halogens is 1. The van der Waals surface area contributed by atoms with Crippen molar-refractivity contribution in [1.82, 2.24) is 9.38 Å². The third-order valence-electron chi connectivity index (χ3n) is 4.45. The highest BCUT2D eigenvalue weighted by Gasteiger charge is 2.35. The Hall–Kier alpha value is -2.57. The van der Waals surface area contributed by atoms with Gasteiger partial charge < -0.3 is 4.40 Å². The van der Waals surface area contributed by atoms with Gasteiger partial charge >= 0.3 is 0 Å². The van der Waals surface area contributed by atoms with E-state index in [1.807, 2.05) is 24.3 Å². The molecule has 124 valence electrons. The van der Waals surface area contributed by atoms with Crippen LogP contribution in [0.15, 0.2) is 65.8 Å². The average Bonchev–Trinajstić information content (AvgIpc) is 3.08. The second-order valence-electron chi connectivity index (χ2n) is 5.99. The molecule has 1 aliphatic rings. The first kappa shape index (κ1) is 14.7. The maximum atomic E-state index is 13.0. The summed E-state index contributed by atoms with van der Waals surface area (Å²) in [7, 11) is -3.58. The number of benzene rings is 2. The largest absolute Gasteiger partial charge is 0.305 e. The molecule has 0 spiro atoms. The van der Waals surface area contributed by atoms with Gasteiger partial charge in [0.05, 0.1) is 27.8 Å². The van der Waals surface area contributed by atoms with Crippen LogP contribution in [0, 0.1) is 0 Å². The van der Waals surface area contributed by atoms with Crippen molar-refractivity contribution in [3.8, 4) is 0 Å². The monoisotopic (exact) mass is 369 g/mol. The highest BCUT2D eigenvalue weighted by atomic mass is 35.5. The Morgan fingerprint density at radius 3 is 2.64 bits per heavy atom. The zero-order chi connectivity index (χ0) is 17.2. The molecule has 0 unspecified atom stereocenters. The summed E-state index contributed by atoms with van der Waals surface area (Å²) in [4.78, 5) is 4.86. The standard InChI is InChI=1S/C18H12ClN3O2S/c19-13-7-8-17-20-14(10-21(17)9-13)11-22-15-5-1-3-12-4-2-6-16(18(12)15)25(22,23)24/h1-10H,11H2. The second kappa shape index (κ2) is 4.97. The average molecular weight is 370 g/mol. The van der Waals surface area contributed by atoms with Crippen LogP contribution in [0.25, 0.3) is 16.4 Å². The minimum atomic E-state index is -3.58. The zero-order valence-electron chi connectivity index (χ0n) is 12.9. The van der Waals surface area contributed by atoms with Crippen molar-refractivity contribution in [2.75, 3.05) is 4.31 Å². The van der Waals surface area contributed by atoms with Crippen molar-refractivity contribution in [1.29, 1.82) is 0 Å². The van der Waals surface area contributed by atoms with Gasteiger partial charge in [-0.25, -0.2) is 13.4 Å². The molecule has 1 aliphatic heterocycles. The summed E-state index contributed by atoms with van der Waals surface area (Å²) >= 11 is 6.00. The molecule has 0 saturated carbocycles. The quantitative estimate of drug-likeness (QED) is 0.539. The van der Waals surface area contributed by atoms with Gasteiger partial charge in [0.25, 0.3) is 10.0 Å². The van der Waals surface area contributed by atoms with Gasteiger partial charge in [0.2, 0.25) is 0 Å². The molecular weight excluding hydrogens is 358 g/mol. The van der Waals surface area contributed by atoms with Gasteiger partial charge in [-0.1, -0.05) is 35.9 Å². The summed E-state index contributed by atoms with van der Waals surface area (Å²) in [6.45, 7) is 0.176. The Bertz CT molecular complexity index is 1260. The second-order valence-corrected chi connectivity index (χ2v) is 8.26. The molecule has 7 heteroatoms. The van der Waals surface area contributed by atoms with Crippen molar-refractivity contribution >= 4 is 43.7 Å². The number of fused-ring (bicyclic) bond motifs is 1. The highest BCUT2D eigenvalue weighted by molar-refractivity contribution is 7.93. The fraction of sp³-hybridized carbons (Fsp3) is 0.0556. The molecule has 0 atom stereocenters. The van der Waals surface area contributed by atoms with E-state index in [9.17, 15) is 8.42 Å². The normalized spacial score (nSPS) is 15.3. The molecule has 0 aliphatic carbocycles. The third kappa shape index (κ3) is 2.08. The maximum Gasteiger partial charge on any atom is 0.265 e. The molecule has 5 nitrogen and oxygen atoms in total. The summed E-state index contributed by atoms with van der Waals surface area (Å²) in [6.07, 6.45) is 3.56. The Labute approximate surface area is 149 Å². The van der Waals surface area contributed by atoms with Crippen LogP contribution in [0.4, 0.5) is 5.69 Å². The lowest BCUT2D eigenvalue weighted by molar-refractivity contribution is 0.593. The van der Waals surface area contributed by atoms with E-state index < -0.39 is 10.0 Å². The molecule has 5 rings (SSSR count). The van der Waals surface area contributed by atoms with Crippen LogP contribution in [0.3, 0.4) is 0 Å². The minimum absolute atomic E-state index is 0.176. The van der Waals surface area contributed by atoms with E-state index in [-0.39, 0.29) is 6.54 Å². The molecule has 0 amide bonds. The molecule has 0 radical (unpaired) electrons. The molecule has 2 aromatic heterocycles. The van der Waals surface area contributed by atoms with Crippen LogP contribution in [-0.2, 0) is 16.6 Å².